The normalized spacial score (nSPS) is 10.7. The van der Waals surface area contributed by atoms with Crippen molar-refractivity contribution in [3.8, 4) is 0 Å². The highest BCUT2D eigenvalue weighted by molar-refractivity contribution is 5.86. The van der Waals surface area contributed by atoms with Crippen molar-refractivity contribution >= 4 is 22.4 Å². The molecule has 0 radical (unpaired) electrons. The van der Waals surface area contributed by atoms with Crippen molar-refractivity contribution in [2.75, 3.05) is 18.0 Å². The zero-order valence-corrected chi connectivity index (χ0v) is 11.4. The molecular weight excluding hydrogens is 242 g/mol. The third kappa shape index (κ3) is 2.50. The van der Waals surface area contributed by atoms with Gasteiger partial charge in [0.1, 0.15) is 5.82 Å². The molecule has 1 heterocycles. The number of hydrogen-bond acceptors (Lipinski definition) is 4. The number of nitrogens with zero attached hydrogens (tertiary/aromatic N) is 3. The Hall–Kier alpha value is -2.17. The number of rotatable bonds is 4. The van der Waals surface area contributed by atoms with Gasteiger partial charge in [-0.1, -0.05) is 0 Å². The molecule has 0 saturated carbocycles. The van der Waals surface area contributed by atoms with Gasteiger partial charge in [0.05, 0.1) is 10.4 Å². The van der Waals surface area contributed by atoms with Crippen LogP contribution in [-0.4, -0.2) is 23.0 Å². The van der Waals surface area contributed by atoms with Crippen LogP contribution >= 0.6 is 0 Å². The number of aryl methyl sites for hydroxylation is 1. The summed E-state index contributed by atoms with van der Waals surface area (Å²) in [5.74, 6) is 0.920. The van der Waals surface area contributed by atoms with E-state index in [9.17, 15) is 10.1 Å². The third-order valence-corrected chi connectivity index (χ3v) is 3.28. The number of benzene rings is 1. The molecule has 1 aromatic heterocycles. The molecule has 0 saturated heterocycles. The van der Waals surface area contributed by atoms with Crippen LogP contribution in [0.3, 0.4) is 0 Å². The fraction of sp³-hybridized carbons (Fsp3) is 0.357. The Kier molecular flexibility index (Phi) is 3.64. The Bertz CT molecular complexity index is 621. The van der Waals surface area contributed by atoms with Crippen LogP contribution in [0.25, 0.3) is 10.9 Å². The smallest absolute Gasteiger partial charge is 0.270 e. The number of nitro benzene ring substituents is 1. The van der Waals surface area contributed by atoms with Gasteiger partial charge in [0, 0.05) is 30.6 Å². The standard InChI is InChI=1S/C14H17N3O2/c1-4-16(5-2)14-8-10(3)12-9-11(17(18)19)6-7-13(12)15-14/h6-9H,4-5H2,1-3H3. The summed E-state index contributed by atoms with van der Waals surface area (Å²) in [6, 6.07) is 6.79. The molecule has 0 aliphatic carbocycles. The first-order valence-corrected chi connectivity index (χ1v) is 6.37. The van der Waals surface area contributed by atoms with Crippen LogP contribution < -0.4 is 4.90 Å². The van der Waals surface area contributed by atoms with Crippen LogP contribution in [0.5, 0.6) is 0 Å². The minimum Gasteiger partial charge on any atom is -0.357 e. The van der Waals surface area contributed by atoms with Crippen LogP contribution in [0.1, 0.15) is 19.4 Å². The lowest BCUT2D eigenvalue weighted by atomic mass is 10.1. The second-order valence-electron chi connectivity index (χ2n) is 4.43. The highest BCUT2D eigenvalue weighted by Gasteiger charge is 2.11. The van der Waals surface area contributed by atoms with E-state index in [-0.39, 0.29) is 10.6 Å². The molecule has 0 amide bonds. The molecule has 100 valence electrons. The van der Waals surface area contributed by atoms with Crippen molar-refractivity contribution in [1.29, 1.82) is 0 Å². The lowest BCUT2D eigenvalue weighted by molar-refractivity contribution is -0.384. The van der Waals surface area contributed by atoms with Crippen LogP contribution in [0.15, 0.2) is 24.3 Å². The van der Waals surface area contributed by atoms with Gasteiger partial charge in [0.25, 0.3) is 5.69 Å². The second kappa shape index (κ2) is 5.22. The number of hydrogen-bond donors (Lipinski definition) is 0. The predicted octanol–water partition coefficient (Wildman–Crippen LogP) is 3.30. The van der Waals surface area contributed by atoms with Gasteiger partial charge in [-0.2, -0.15) is 0 Å². The average Bonchev–Trinajstić information content (AvgIpc) is 2.39. The van der Waals surface area contributed by atoms with E-state index in [1.54, 1.807) is 12.1 Å². The molecule has 0 aliphatic heterocycles. The topological polar surface area (TPSA) is 59.3 Å². The molecule has 2 rings (SSSR count). The number of nitro groups is 1. The highest BCUT2D eigenvalue weighted by atomic mass is 16.6. The maximum atomic E-state index is 10.8. The Morgan fingerprint density at radius 3 is 2.53 bits per heavy atom. The van der Waals surface area contributed by atoms with E-state index in [1.165, 1.54) is 6.07 Å². The van der Waals surface area contributed by atoms with E-state index >= 15 is 0 Å². The molecule has 5 heteroatoms. The summed E-state index contributed by atoms with van der Waals surface area (Å²) in [5, 5.41) is 11.6. The van der Waals surface area contributed by atoms with Crippen molar-refractivity contribution in [3.05, 3.63) is 39.9 Å². The van der Waals surface area contributed by atoms with Crippen LogP contribution in [0.4, 0.5) is 11.5 Å². The monoisotopic (exact) mass is 259 g/mol. The Morgan fingerprint density at radius 1 is 1.26 bits per heavy atom. The maximum Gasteiger partial charge on any atom is 0.270 e. The molecule has 0 N–H and O–H groups in total. The van der Waals surface area contributed by atoms with Gasteiger partial charge in [-0.3, -0.25) is 10.1 Å². The first kappa shape index (κ1) is 13.3. The molecule has 0 aliphatic rings. The SMILES string of the molecule is CCN(CC)c1cc(C)c2cc([N+](=O)[O-])ccc2n1. The zero-order valence-electron chi connectivity index (χ0n) is 11.4. The number of anilines is 1. The van der Waals surface area contributed by atoms with E-state index in [1.807, 2.05) is 13.0 Å². The summed E-state index contributed by atoms with van der Waals surface area (Å²) < 4.78 is 0. The maximum absolute atomic E-state index is 10.8. The number of pyridine rings is 1. The van der Waals surface area contributed by atoms with Crippen molar-refractivity contribution in [2.24, 2.45) is 0 Å². The molecule has 0 atom stereocenters. The van der Waals surface area contributed by atoms with Crippen LogP contribution in [0.2, 0.25) is 0 Å². The molecule has 0 bridgehead atoms. The van der Waals surface area contributed by atoms with E-state index < -0.39 is 0 Å². The molecule has 0 spiro atoms. The van der Waals surface area contributed by atoms with E-state index in [0.717, 1.165) is 35.4 Å². The summed E-state index contributed by atoms with van der Waals surface area (Å²) in [6.45, 7) is 7.91. The minimum absolute atomic E-state index is 0.105. The molecule has 0 fully saturated rings. The first-order valence-electron chi connectivity index (χ1n) is 6.37. The lowest BCUT2D eigenvalue weighted by Crippen LogP contribution is -2.23. The van der Waals surface area contributed by atoms with E-state index in [0.29, 0.717) is 0 Å². The molecule has 2 aromatic rings. The lowest BCUT2D eigenvalue weighted by Gasteiger charge is -2.20. The third-order valence-electron chi connectivity index (χ3n) is 3.28. The molecular formula is C14H17N3O2. The number of non-ortho nitro benzene ring substituents is 1. The summed E-state index contributed by atoms with van der Waals surface area (Å²) in [6.07, 6.45) is 0. The Morgan fingerprint density at radius 2 is 1.95 bits per heavy atom. The molecule has 1 aromatic carbocycles. The van der Waals surface area contributed by atoms with Gasteiger partial charge in [-0.25, -0.2) is 4.98 Å². The average molecular weight is 259 g/mol. The second-order valence-corrected chi connectivity index (χ2v) is 4.43. The summed E-state index contributed by atoms with van der Waals surface area (Å²) in [5.41, 5.74) is 1.91. The zero-order chi connectivity index (χ0) is 14.0. The van der Waals surface area contributed by atoms with E-state index in [2.05, 4.69) is 23.7 Å². The van der Waals surface area contributed by atoms with Crippen LogP contribution in [-0.2, 0) is 0 Å². The highest BCUT2D eigenvalue weighted by Crippen LogP contribution is 2.26. The van der Waals surface area contributed by atoms with Crippen molar-refractivity contribution in [3.63, 3.8) is 0 Å². The number of aromatic nitrogens is 1. The quantitative estimate of drug-likeness (QED) is 0.624. The van der Waals surface area contributed by atoms with Gasteiger partial charge in [-0.15, -0.1) is 0 Å². The summed E-state index contributed by atoms with van der Waals surface area (Å²) in [4.78, 5) is 17.2. The largest absolute Gasteiger partial charge is 0.357 e. The minimum atomic E-state index is -0.378. The van der Waals surface area contributed by atoms with Gasteiger partial charge >= 0.3 is 0 Å². The van der Waals surface area contributed by atoms with Crippen LogP contribution in [0, 0.1) is 17.0 Å². The summed E-state index contributed by atoms with van der Waals surface area (Å²) >= 11 is 0. The molecule has 5 nitrogen and oxygen atoms in total. The van der Waals surface area contributed by atoms with Gasteiger partial charge in [0.2, 0.25) is 0 Å². The van der Waals surface area contributed by atoms with Gasteiger partial charge in [0.15, 0.2) is 0 Å². The molecule has 19 heavy (non-hydrogen) atoms. The molecule has 0 unspecified atom stereocenters. The predicted molar refractivity (Wildman–Crippen MR) is 76.7 cm³/mol. The Balaban J connectivity index is 2.59. The van der Waals surface area contributed by atoms with Crippen molar-refractivity contribution in [2.45, 2.75) is 20.8 Å². The van der Waals surface area contributed by atoms with Crippen molar-refractivity contribution < 1.29 is 4.92 Å². The summed E-state index contributed by atoms with van der Waals surface area (Å²) in [7, 11) is 0. The fourth-order valence-corrected chi connectivity index (χ4v) is 2.19. The van der Waals surface area contributed by atoms with Gasteiger partial charge in [-0.05, 0) is 38.5 Å². The first-order chi connectivity index (χ1) is 9.06. The van der Waals surface area contributed by atoms with Crippen molar-refractivity contribution in [1.82, 2.24) is 4.98 Å². The number of fused-ring (bicyclic) bond motifs is 1. The van der Waals surface area contributed by atoms with E-state index in [4.69, 9.17) is 0 Å². The fourth-order valence-electron chi connectivity index (χ4n) is 2.19. The van der Waals surface area contributed by atoms with Gasteiger partial charge < -0.3 is 4.90 Å². The Labute approximate surface area is 112 Å².